The van der Waals surface area contributed by atoms with E-state index in [1.807, 2.05) is 0 Å². The predicted octanol–water partition coefficient (Wildman–Crippen LogP) is 1.31. The van der Waals surface area contributed by atoms with Crippen molar-refractivity contribution in [1.29, 1.82) is 0 Å². The van der Waals surface area contributed by atoms with Crippen molar-refractivity contribution in [2.45, 2.75) is 0 Å². The van der Waals surface area contributed by atoms with Crippen LogP contribution in [0.3, 0.4) is 0 Å². The Hall–Kier alpha value is -2.70. The quantitative estimate of drug-likeness (QED) is 0.687. The number of carbonyl (C=O) groups is 1. The molecule has 3 aromatic rings. The summed E-state index contributed by atoms with van der Waals surface area (Å²) in [7, 11) is 0. The molecule has 2 heterocycles. The fourth-order valence-electron chi connectivity index (χ4n) is 1.51. The third-order valence-corrected chi connectivity index (χ3v) is 2.33. The van der Waals surface area contributed by atoms with Gasteiger partial charge < -0.3 is 9.63 Å². The zero-order valence-corrected chi connectivity index (χ0v) is 8.41. The number of aromatic nitrogens is 4. The monoisotopic (exact) mass is 230 g/mol. The minimum atomic E-state index is -1.15. The van der Waals surface area contributed by atoms with Gasteiger partial charge in [0.2, 0.25) is 5.76 Å². The van der Waals surface area contributed by atoms with Gasteiger partial charge in [0, 0.05) is 11.6 Å². The molecule has 2 N–H and O–H groups in total. The zero-order chi connectivity index (χ0) is 11.8. The molecule has 0 spiro atoms. The van der Waals surface area contributed by atoms with Crippen molar-refractivity contribution in [3.63, 3.8) is 0 Å². The van der Waals surface area contributed by atoms with E-state index in [-0.39, 0.29) is 5.76 Å². The van der Waals surface area contributed by atoms with E-state index in [0.717, 1.165) is 11.1 Å². The first kappa shape index (κ1) is 9.52. The van der Waals surface area contributed by atoms with Crippen LogP contribution in [0.1, 0.15) is 10.6 Å². The Kier molecular flexibility index (Phi) is 1.91. The molecule has 0 unspecified atom stereocenters. The third kappa shape index (κ3) is 1.53. The van der Waals surface area contributed by atoms with Gasteiger partial charge in [-0.3, -0.25) is 0 Å². The van der Waals surface area contributed by atoms with Gasteiger partial charge in [-0.1, -0.05) is 11.2 Å². The number of carboxylic acid groups (broad SMARTS) is 1. The number of fused-ring (bicyclic) bond motifs is 1. The van der Waals surface area contributed by atoms with Crippen molar-refractivity contribution in [2.75, 3.05) is 0 Å². The number of rotatable bonds is 2. The second-order valence-electron chi connectivity index (χ2n) is 3.41. The highest BCUT2D eigenvalue weighted by atomic mass is 16.5. The maximum Gasteiger partial charge on any atom is 0.374 e. The van der Waals surface area contributed by atoms with Gasteiger partial charge >= 0.3 is 5.97 Å². The van der Waals surface area contributed by atoms with Crippen molar-refractivity contribution in [3.05, 3.63) is 30.0 Å². The van der Waals surface area contributed by atoms with E-state index in [1.54, 1.807) is 18.2 Å². The van der Waals surface area contributed by atoms with Crippen LogP contribution in [0, 0.1) is 0 Å². The molecule has 2 aromatic heterocycles. The zero-order valence-electron chi connectivity index (χ0n) is 8.41. The molecule has 84 valence electrons. The van der Waals surface area contributed by atoms with E-state index in [1.165, 1.54) is 6.07 Å². The number of nitrogens with zero attached hydrogens (tertiary/aromatic N) is 3. The van der Waals surface area contributed by atoms with Gasteiger partial charge in [-0.05, 0) is 12.1 Å². The summed E-state index contributed by atoms with van der Waals surface area (Å²) in [6.07, 6.45) is 0. The molecule has 0 aliphatic carbocycles. The van der Waals surface area contributed by atoms with Crippen molar-refractivity contribution in [1.82, 2.24) is 20.6 Å². The summed E-state index contributed by atoms with van der Waals surface area (Å²) in [6.45, 7) is 0. The molecule has 1 aromatic carbocycles. The second kappa shape index (κ2) is 3.41. The highest BCUT2D eigenvalue weighted by molar-refractivity contribution is 5.86. The second-order valence-corrected chi connectivity index (χ2v) is 3.41. The van der Waals surface area contributed by atoms with Crippen LogP contribution in [0.5, 0.6) is 0 Å². The van der Waals surface area contributed by atoms with E-state index >= 15 is 0 Å². The molecule has 0 radical (unpaired) electrons. The van der Waals surface area contributed by atoms with Crippen LogP contribution in [0.25, 0.3) is 22.3 Å². The number of aromatic amines is 1. The normalized spacial score (nSPS) is 10.8. The molecule has 0 saturated carbocycles. The summed E-state index contributed by atoms with van der Waals surface area (Å²) in [4.78, 5) is 10.7. The summed E-state index contributed by atoms with van der Waals surface area (Å²) < 4.78 is 4.68. The Labute approximate surface area is 94.0 Å². The molecular formula is C10H6N4O3. The van der Waals surface area contributed by atoms with E-state index < -0.39 is 5.97 Å². The summed E-state index contributed by atoms with van der Waals surface area (Å²) >= 11 is 0. The minimum absolute atomic E-state index is 0.194. The lowest BCUT2D eigenvalue weighted by Gasteiger charge is -1.93. The third-order valence-electron chi connectivity index (χ3n) is 2.33. The van der Waals surface area contributed by atoms with E-state index in [9.17, 15) is 4.79 Å². The minimum Gasteiger partial charge on any atom is -0.475 e. The van der Waals surface area contributed by atoms with Gasteiger partial charge in [-0.25, -0.2) is 4.79 Å². The van der Waals surface area contributed by atoms with Crippen LogP contribution in [-0.4, -0.2) is 31.6 Å². The van der Waals surface area contributed by atoms with Crippen LogP contribution in [0.15, 0.2) is 28.8 Å². The van der Waals surface area contributed by atoms with Crippen molar-refractivity contribution in [3.8, 4) is 11.3 Å². The first-order valence-electron chi connectivity index (χ1n) is 4.75. The van der Waals surface area contributed by atoms with Crippen molar-refractivity contribution >= 4 is 17.0 Å². The van der Waals surface area contributed by atoms with Gasteiger partial charge in [-0.2, -0.15) is 15.4 Å². The molecule has 7 nitrogen and oxygen atoms in total. The van der Waals surface area contributed by atoms with Crippen LogP contribution in [0.4, 0.5) is 0 Å². The first-order chi connectivity index (χ1) is 8.24. The van der Waals surface area contributed by atoms with Gasteiger partial charge in [0.25, 0.3) is 0 Å². The molecule has 0 amide bonds. The Morgan fingerprint density at radius 2 is 2.06 bits per heavy atom. The van der Waals surface area contributed by atoms with Crippen LogP contribution < -0.4 is 0 Å². The average Bonchev–Trinajstić information content (AvgIpc) is 2.97. The van der Waals surface area contributed by atoms with Gasteiger partial charge in [0.1, 0.15) is 16.7 Å². The average molecular weight is 230 g/mol. The van der Waals surface area contributed by atoms with Gasteiger partial charge in [-0.15, -0.1) is 0 Å². The number of carboxylic acids is 1. The van der Waals surface area contributed by atoms with E-state index in [0.29, 0.717) is 11.2 Å². The molecule has 0 bridgehead atoms. The SMILES string of the molecule is O=C(O)c1cc(-c2ccc3n[nH]nc3c2)no1. The largest absolute Gasteiger partial charge is 0.475 e. The number of benzene rings is 1. The topological polar surface area (TPSA) is 105 Å². The van der Waals surface area contributed by atoms with Gasteiger partial charge in [0.15, 0.2) is 0 Å². The van der Waals surface area contributed by atoms with Gasteiger partial charge in [0.05, 0.1) is 0 Å². The lowest BCUT2D eigenvalue weighted by Crippen LogP contribution is -1.91. The number of hydrogen-bond acceptors (Lipinski definition) is 5. The fraction of sp³-hybridized carbons (Fsp3) is 0. The van der Waals surface area contributed by atoms with E-state index in [2.05, 4.69) is 25.1 Å². The van der Waals surface area contributed by atoms with E-state index in [4.69, 9.17) is 5.11 Å². The Morgan fingerprint density at radius 3 is 2.82 bits per heavy atom. The summed E-state index contributed by atoms with van der Waals surface area (Å²) in [5.41, 5.74) is 2.59. The van der Waals surface area contributed by atoms with Crippen molar-refractivity contribution < 1.29 is 14.4 Å². The fourth-order valence-corrected chi connectivity index (χ4v) is 1.51. The molecule has 0 aliphatic rings. The number of hydrogen-bond donors (Lipinski definition) is 2. The Morgan fingerprint density at radius 1 is 1.24 bits per heavy atom. The molecule has 0 aliphatic heterocycles. The molecule has 0 saturated heterocycles. The molecule has 0 atom stereocenters. The lowest BCUT2D eigenvalue weighted by atomic mass is 10.1. The first-order valence-corrected chi connectivity index (χ1v) is 4.75. The standard InChI is InChI=1S/C10H6N4O3/c15-10(16)9-4-7(13-17-9)5-1-2-6-8(3-5)12-14-11-6/h1-4H,(H,15,16)(H,11,12,14). The lowest BCUT2D eigenvalue weighted by molar-refractivity contribution is 0.0652. The summed E-state index contributed by atoms with van der Waals surface area (Å²) in [6, 6.07) is 6.66. The Balaban J connectivity index is 2.09. The Bertz CT molecular complexity index is 700. The maximum absolute atomic E-state index is 10.7. The highest BCUT2D eigenvalue weighted by Gasteiger charge is 2.12. The van der Waals surface area contributed by atoms with Crippen LogP contribution >= 0.6 is 0 Å². The summed E-state index contributed by atoms with van der Waals surface area (Å²) in [5.74, 6) is -1.34. The number of aromatic carboxylic acids is 1. The molecule has 7 heteroatoms. The molecular weight excluding hydrogens is 224 g/mol. The summed E-state index contributed by atoms with van der Waals surface area (Å²) in [5, 5.41) is 22.8. The van der Waals surface area contributed by atoms with Crippen LogP contribution in [-0.2, 0) is 0 Å². The highest BCUT2D eigenvalue weighted by Crippen LogP contribution is 2.22. The smallest absolute Gasteiger partial charge is 0.374 e. The maximum atomic E-state index is 10.7. The molecule has 17 heavy (non-hydrogen) atoms. The number of nitrogens with one attached hydrogen (secondary N) is 1. The molecule has 3 rings (SSSR count). The number of H-pyrrole nitrogens is 1. The van der Waals surface area contributed by atoms with Crippen LogP contribution in [0.2, 0.25) is 0 Å². The molecule has 0 fully saturated rings. The predicted molar refractivity (Wildman–Crippen MR) is 56.3 cm³/mol. The van der Waals surface area contributed by atoms with Crippen molar-refractivity contribution in [2.24, 2.45) is 0 Å².